The summed E-state index contributed by atoms with van der Waals surface area (Å²) in [5.74, 6) is -0.846. The fourth-order valence-electron chi connectivity index (χ4n) is 2.07. The van der Waals surface area contributed by atoms with Crippen LogP contribution < -0.4 is 4.72 Å². The van der Waals surface area contributed by atoms with Crippen LogP contribution in [0.25, 0.3) is 0 Å². The molecular weight excluding hydrogens is 326 g/mol. The van der Waals surface area contributed by atoms with E-state index in [1.165, 1.54) is 6.07 Å². The summed E-state index contributed by atoms with van der Waals surface area (Å²) < 4.78 is 49.5. The van der Waals surface area contributed by atoms with E-state index in [9.17, 15) is 21.9 Å². The molecule has 1 aliphatic heterocycles. The summed E-state index contributed by atoms with van der Waals surface area (Å²) in [5.41, 5.74) is 0.484. The molecular formula is C11H14ClNO5S2. The highest BCUT2D eigenvalue weighted by Crippen LogP contribution is 2.22. The molecule has 6 nitrogen and oxygen atoms in total. The second kappa shape index (κ2) is 5.27. The third-order valence-electron chi connectivity index (χ3n) is 3.07. The smallest absolute Gasteiger partial charge is 0.241 e. The van der Waals surface area contributed by atoms with E-state index in [1.54, 1.807) is 19.1 Å². The summed E-state index contributed by atoms with van der Waals surface area (Å²) in [6, 6.07) is 3.36. The van der Waals surface area contributed by atoms with Gasteiger partial charge in [0.25, 0.3) is 0 Å². The monoisotopic (exact) mass is 339 g/mol. The molecule has 9 heteroatoms. The molecule has 0 radical (unpaired) electrons. The standard InChI is InChI=1S/C11H14ClNO5S2/c1-7-2-3-8(12)4-11(7)20(17,18)13-9-5-19(15,16)6-10(9)14/h2-4,9-10,13-14H,5-6H2,1H3/t9-,10-/m1/s1. The first-order valence-electron chi connectivity index (χ1n) is 5.78. The first-order valence-corrected chi connectivity index (χ1v) is 9.46. The van der Waals surface area contributed by atoms with Gasteiger partial charge in [0.1, 0.15) is 0 Å². The quantitative estimate of drug-likeness (QED) is 0.812. The number of hydrogen-bond acceptors (Lipinski definition) is 5. The van der Waals surface area contributed by atoms with Crippen LogP contribution in [0.2, 0.25) is 5.02 Å². The Kier molecular flexibility index (Phi) is 4.14. The van der Waals surface area contributed by atoms with E-state index in [1.807, 2.05) is 0 Å². The molecule has 2 atom stereocenters. The predicted octanol–water partition coefficient (Wildman–Crippen LogP) is 0.0846. The van der Waals surface area contributed by atoms with Crippen molar-refractivity contribution in [3.63, 3.8) is 0 Å². The summed E-state index contributed by atoms with van der Waals surface area (Å²) >= 11 is 5.78. The number of aryl methyl sites for hydroxylation is 1. The van der Waals surface area contributed by atoms with Gasteiger partial charge in [-0.3, -0.25) is 0 Å². The lowest BCUT2D eigenvalue weighted by atomic mass is 10.2. The van der Waals surface area contributed by atoms with Crippen LogP contribution >= 0.6 is 11.6 Å². The van der Waals surface area contributed by atoms with Crippen LogP contribution in [0.5, 0.6) is 0 Å². The van der Waals surface area contributed by atoms with Crippen molar-refractivity contribution in [2.75, 3.05) is 11.5 Å². The highest BCUT2D eigenvalue weighted by Gasteiger charge is 2.39. The maximum Gasteiger partial charge on any atom is 0.241 e. The first-order chi connectivity index (χ1) is 9.11. The van der Waals surface area contributed by atoms with Crippen LogP contribution in [0, 0.1) is 6.92 Å². The number of aliphatic hydroxyl groups excluding tert-OH is 1. The Morgan fingerprint density at radius 1 is 1.35 bits per heavy atom. The zero-order valence-corrected chi connectivity index (χ0v) is 13.0. The van der Waals surface area contributed by atoms with Crippen molar-refractivity contribution in [1.29, 1.82) is 0 Å². The van der Waals surface area contributed by atoms with Gasteiger partial charge in [0.05, 0.1) is 28.5 Å². The molecule has 20 heavy (non-hydrogen) atoms. The number of nitrogens with one attached hydrogen (secondary N) is 1. The molecule has 1 heterocycles. The Morgan fingerprint density at radius 3 is 2.55 bits per heavy atom. The lowest BCUT2D eigenvalue weighted by Crippen LogP contribution is -2.42. The van der Waals surface area contributed by atoms with Gasteiger partial charge in [-0.15, -0.1) is 0 Å². The fourth-order valence-corrected chi connectivity index (χ4v) is 5.69. The van der Waals surface area contributed by atoms with Gasteiger partial charge < -0.3 is 5.11 Å². The summed E-state index contributed by atoms with van der Waals surface area (Å²) in [7, 11) is -7.36. The van der Waals surface area contributed by atoms with Gasteiger partial charge in [-0.2, -0.15) is 0 Å². The highest BCUT2D eigenvalue weighted by atomic mass is 35.5. The molecule has 0 amide bonds. The lowest BCUT2D eigenvalue weighted by Gasteiger charge is -2.16. The van der Waals surface area contributed by atoms with E-state index >= 15 is 0 Å². The van der Waals surface area contributed by atoms with Crippen molar-refractivity contribution >= 4 is 31.5 Å². The average Bonchev–Trinajstić information content (AvgIpc) is 2.54. The molecule has 0 unspecified atom stereocenters. The van der Waals surface area contributed by atoms with E-state index in [4.69, 9.17) is 11.6 Å². The van der Waals surface area contributed by atoms with E-state index in [0.29, 0.717) is 5.56 Å². The molecule has 1 aromatic carbocycles. The molecule has 2 N–H and O–H groups in total. The minimum absolute atomic E-state index is 0.0264. The summed E-state index contributed by atoms with van der Waals surface area (Å²) in [4.78, 5) is -0.0264. The van der Waals surface area contributed by atoms with Gasteiger partial charge in [0, 0.05) is 5.02 Å². The van der Waals surface area contributed by atoms with Crippen LogP contribution in [0.4, 0.5) is 0 Å². The summed E-state index contributed by atoms with van der Waals surface area (Å²) in [5, 5.41) is 9.89. The van der Waals surface area contributed by atoms with Crippen LogP contribution in [0.3, 0.4) is 0 Å². The van der Waals surface area contributed by atoms with Gasteiger partial charge in [0.2, 0.25) is 10.0 Å². The van der Waals surface area contributed by atoms with Crippen molar-refractivity contribution in [1.82, 2.24) is 4.72 Å². The maximum absolute atomic E-state index is 12.2. The molecule has 1 aliphatic rings. The predicted molar refractivity (Wildman–Crippen MR) is 75.0 cm³/mol. The number of benzene rings is 1. The van der Waals surface area contributed by atoms with Crippen LogP contribution in [-0.4, -0.2) is 45.6 Å². The number of halogens is 1. The largest absolute Gasteiger partial charge is 0.390 e. The van der Waals surface area contributed by atoms with Crippen molar-refractivity contribution in [3.05, 3.63) is 28.8 Å². The van der Waals surface area contributed by atoms with Gasteiger partial charge in [-0.05, 0) is 24.6 Å². The highest BCUT2D eigenvalue weighted by molar-refractivity contribution is 7.92. The zero-order chi connectivity index (χ0) is 15.1. The molecule has 112 valence electrons. The molecule has 1 aromatic rings. The molecule has 1 saturated heterocycles. The minimum Gasteiger partial charge on any atom is -0.390 e. The first kappa shape index (κ1) is 15.7. The van der Waals surface area contributed by atoms with Crippen LogP contribution in [-0.2, 0) is 19.9 Å². The Labute approximate surface area is 122 Å². The van der Waals surface area contributed by atoms with Gasteiger partial charge in [0.15, 0.2) is 9.84 Å². The molecule has 1 fully saturated rings. The van der Waals surface area contributed by atoms with Crippen LogP contribution in [0.15, 0.2) is 23.1 Å². The van der Waals surface area contributed by atoms with Crippen LogP contribution in [0.1, 0.15) is 5.56 Å². The van der Waals surface area contributed by atoms with Crippen molar-refractivity contribution in [3.8, 4) is 0 Å². The van der Waals surface area contributed by atoms with E-state index in [-0.39, 0.29) is 9.92 Å². The van der Waals surface area contributed by atoms with E-state index < -0.39 is 43.5 Å². The number of aliphatic hydroxyl groups is 1. The maximum atomic E-state index is 12.2. The SMILES string of the molecule is Cc1ccc(Cl)cc1S(=O)(=O)N[C@@H]1CS(=O)(=O)C[C@H]1O. The molecule has 0 saturated carbocycles. The number of sulfonamides is 1. The normalized spacial score (nSPS) is 25.8. The number of rotatable bonds is 3. The van der Waals surface area contributed by atoms with E-state index in [0.717, 1.165) is 0 Å². The zero-order valence-electron chi connectivity index (χ0n) is 10.6. The van der Waals surface area contributed by atoms with Gasteiger partial charge in [-0.1, -0.05) is 17.7 Å². The summed E-state index contributed by atoms with van der Waals surface area (Å²) in [6.45, 7) is 1.60. The topological polar surface area (TPSA) is 101 Å². The Balaban J connectivity index is 2.31. The number of sulfone groups is 1. The third-order valence-corrected chi connectivity index (χ3v) is 6.65. The van der Waals surface area contributed by atoms with Crippen molar-refractivity contribution in [2.24, 2.45) is 0 Å². The Hall–Kier alpha value is -0.670. The minimum atomic E-state index is -3.94. The lowest BCUT2D eigenvalue weighted by molar-refractivity contribution is 0.176. The van der Waals surface area contributed by atoms with Gasteiger partial charge >= 0.3 is 0 Å². The van der Waals surface area contributed by atoms with Crippen molar-refractivity contribution in [2.45, 2.75) is 24.0 Å². The molecule has 0 bridgehead atoms. The second-order valence-corrected chi connectivity index (χ2v) is 9.05. The second-order valence-electron chi connectivity index (χ2n) is 4.78. The Morgan fingerprint density at radius 2 is 2.00 bits per heavy atom. The third kappa shape index (κ3) is 3.32. The molecule has 0 spiro atoms. The van der Waals surface area contributed by atoms with Crippen molar-refractivity contribution < 1.29 is 21.9 Å². The molecule has 2 rings (SSSR count). The fraction of sp³-hybridized carbons (Fsp3) is 0.455. The van der Waals surface area contributed by atoms with Gasteiger partial charge in [-0.25, -0.2) is 21.6 Å². The number of hydrogen-bond donors (Lipinski definition) is 2. The summed E-state index contributed by atoms with van der Waals surface area (Å²) in [6.07, 6.45) is -1.24. The average molecular weight is 340 g/mol. The van der Waals surface area contributed by atoms with E-state index in [2.05, 4.69) is 4.72 Å². The molecule has 0 aromatic heterocycles. The Bertz CT molecular complexity index is 729. The molecule has 0 aliphatic carbocycles.